The zero-order valence-corrected chi connectivity index (χ0v) is 34.2. The van der Waals surface area contributed by atoms with Crippen LogP contribution >= 0.6 is 11.3 Å². The molecule has 1 saturated heterocycles. The number of methoxy groups -OCH3 is 1. The number of alkyl carbamates (subject to hydrolysis) is 1. The number of hydrogen-bond donors (Lipinski definition) is 3. The Balaban J connectivity index is 1.19. The van der Waals surface area contributed by atoms with E-state index < -0.39 is 53.7 Å². The molecule has 5 atom stereocenters. The first kappa shape index (κ1) is 40.9. The number of carbonyl (C=O) groups excluding carboxylic acids is 5. The van der Waals surface area contributed by atoms with Gasteiger partial charge in [-0.25, -0.2) is 24.4 Å². The maximum Gasteiger partial charge on any atom is 0.413 e. The third kappa shape index (κ3) is 9.22. The van der Waals surface area contributed by atoms with Crippen molar-refractivity contribution in [2.24, 2.45) is 5.92 Å². The maximum absolute atomic E-state index is 14.6. The Morgan fingerprint density at radius 3 is 2.57 bits per heavy atom. The second-order valence-electron chi connectivity index (χ2n) is 15.9. The van der Waals surface area contributed by atoms with E-state index in [1.165, 1.54) is 23.3 Å². The van der Waals surface area contributed by atoms with Gasteiger partial charge in [-0.05, 0) is 83.8 Å². The van der Waals surface area contributed by atoms with E-state index >= 15 is 0 Å². The van der Waals surface area contributed by atoms with Crippen LogP contribution in [-0.2, 0) is 28.6 Å². The highest BCUT2D eigenvalue weighted by atomic mass is 32.1. The number of pyridine rings is 1. The number of thiazole rings is 1. The lowest BCUT2D eigenvalue weighted by atomic mass is 10.0. The first-order valence-corrected chi connectivity index (χ1v) is 21.2. The number of amides is 4. The van der Waals surface area contributed by atoms with Gasteiger partial charge in [-0.3, -0.25) is 14.9 Å². The monoisotopic (exact) mass is 816 g/mol. The fourth-order valence-corrected chi connectivity index (χ4v) is 8.89. The zero-order valence-electron chi connectivity index (χ0n) is 33.4. The first-order chi connectivity index (χ1) is 27.9. The molecule has 3 fully saturated rings. The molecule has 7 rings (SSSR count). The number of ether oxygens (including phenoxy) is 4. The second-order valence-corrected chi connectivity index (χ2v) is 16.8. The van der Waals surface area contributed by atoms with Crippen LogP contribution in [0.4, 0.5) is 14.7 Å². The van der Waals surface area contributed by atoms with Crippen molar-refractivity contribution in [1.29, 1.82) is 0 Å². The van der Waals surface area contributed by atoms with Gasteiger partial charge in [0.2, 0.25) is 11.8 Å². The van der Waals surface area contributed by atoms with Crippen LogP contribution in [-0.4, -0.2) is 94.4 Å². The number of rotatable bonds is 8. The fourth-order valence-electron chi connectivity index (χ4n) is 8.20. The molecule has 0 bridgehead atoms. The summed E-state index contributed by atoms with van der Waals surface area (Å²) in [6.45, 7) is 5.49. The van der Waals surface area contributed by atoms with Crippen molar-refractivity contribution in [2.75, 3.05) is 19.0 Å². The van der Waals surface area contributed by atoms with E-state index in [1.54, 1.807) is 25.3 Å². The number of aromatic nitrogens is 2. The number of hydrogen-bond acceptors (Lipinski definition) is 12. The minimum atomic E-state index is -1.24. The molecule has 15 nitrogen and oxygen atoms in total. The predicted octanol–water partition coefficient (Wildman–Crippen LogP) is 6.58. The summed E-state index contributed by atoms with van der Waals surface area (Å²) in [5, 5.41) is 11.3. The number of carbonyl (C=O) groups is 5. The van der Waals surface area contributed by atoms with E-state index in [0.29, 0.717) is 47.0 Å². The molecule has 2 aromatic heterocycles. The van der Waals surface area contributed by atoms with Gasteiger partial charge in [0.05, 0.1) is 31.0 Å². The van der Waals surface area contributed by atoms with Crippen molar-refractivity contribution in [3.05, 3.63) is 47.4 Å². The van der Waals surface area contributed by atoms with Gasteiger partial charge in [-0.2, -0.15) is 0 Å². The molecule has 58 heavy (non-hydrogen) atoms. The molecule has 1 unspecified atom stereocenters. The molecule has 0 spiro atoms. The Bertz CT molecular complexity index is 2060. The Kier molecular flexibility index (Phi) is 12.5. The van der Waals surface area contributed by atoms with Gasteiger partial charge >= 0.3 is 18.2 Å². The molecular weight excluding hydrogens is 765 g/mol. The molecule has 3 N–H and O–H groups in total. The summed E-state index contributed by atoms with van der Waals surface area (Å²) < 4.78 is 22.8. The third-order valence-electron chi connectivity index (χ3n) is 11.3. The van der Waals surface area contributed by atoms with Crippen LogP contribution in [0.25, 0.3) is 22.3 Å². The van der Waals surface area contributed by atoms with Crippen LogP contribution < -0.4 is 20.7 Å². The largest absolute Gasteiger partial charge is 0.488 e. The fraction of sp³-hybridized carbons (Fsp3) is 0.548. The summed E-state index contributed by atoms with van der Waals surface area (Å²) in [4.78, 5) is 78.6. The van der Waals surface area contributed by atoms with Crippen LogP contribution in [0.15, 0.2) is 41.8 Å². The normalized spacial score (nSPS) is 25.2. The summed E-state index contributed by atoms with van der Waals surface area (Å²) in [5.41, 5.74) is 1.34. The van der Waals surface area contributed by atoms with E-state index in [0.717, 1.165) is 55.9 Å². The van der Waals surface area contributed by atoms with E-state index in [9.17, 15) is 24.0 Å². The van der Waals surface area contributed by atoms with E-state index in [1.807, 2.05) is 37.3 Å². The van der Waals surface area contributed by atoms with Crippen molar-refractivity contribution in [1.82, 2.24) is 25.5 Å². The number of anilines is 1. The molecule has 2 saturated carbocycles. The maximum atomic E-state index is 14.6. The minimum absolute atomic E-state index is 0.0367. The summed E-state index contributed by atoms with van der Waals surface area (Å²) in [6, 6.07) is 5.55. The van der Waals surface area contributed by atoms with Crippen LogP contribution in [0.2, 0.25) is 0 Å². The average Bonchev–Trinajstić information content (AvgIpc) is 3.63. The van der Waals surface area contributed by atoms with E-state index in [-0.39, 0.29) is 31.1 Å². The summed E-state index contributed by atoms with van der Waals surface area (Å²) >= 11 is 1.23. The minimum Gasteiger partial charge on any atom is -0.488 e. The molecule has 2 aliphatic heterocycles. The Morgan fingerprint density at radius 1 is 1.00 bits per heavy atom. The molecule has 4 amide bonds. The topological polar surface area (TPSA) is 187 Å². The predicted molar refractivity (Wildman–Crippen MR) is 216 cm³/mol. The highest BCUT2D eigenvalue weighted by Gasteiger charge is 2.62. The molecule has 0 radical (unpaired) electrons. The lowest BCUT2D eigenvalue weighted by Crippen LogP contribution is -2.56. The lowest BCUT2D eigenvalue weighted by molar-refractivity contribution is -0.148. The second kappa shape index (κ2) is 17.7. The molecule has 4 aliphatic rings. The van der Waals surface area contributed by atoms with E-state index in [4.69, 9.17) is 23.9 Å². The summed E-state index contributed by atoms with van der Waals surface area (Å²) in [5.74, 6) is -1.23. The number of allylic oxidation sites excluding steroid dienone is 1. The van der Waals surface area contributed by atoms with Crippen LogP contribution in [0.5, 0.6) is 5.75 Å². The number of para-hydroxylation sites is 1. The van der Waals surface area contributed by atoms with Crippen molar-refractivity contribution < 1.29 is 42.9 Å². The summed E-state index contributed by atoms with van der Waals surface area (Å²) in [7, 11) is 1.30. The quantitative estimate of drug-likeness (QED) is 0.127. The van der Waals surface area contributed by atoms with Crippen LogP contribution in [0.3, 0.4) is 0 Å². The van der Waals surface area contributed by atoms with Gasteiger partial charge in [0.15, 0.2) is 5.13 Å². The number of aryl methyl sites for hydroxylation is 1. The van der Waals surface area contributed by atoms with Crippen molar-refractivity contribution in [3.8, 4) is 17.1 Å². The standard InChI is InChI=1S/C42H52N6O9S/c1-24(2)55-41(53)46-39-44-32(23-58-39)31-20-34(29-17-12-13-25(3)35(29)43-31)56-28-19-33-36(49)47-42(38(51)54-4)21-26(42)14-8-6-5-7-9-18-30(37(50)48(33)22-28)45-40(52)57-27-15-10-11-16-27/h8,12-14,17,20,23-24,26-28,30,33H,5-7,9-11,15-16,18-19,21-22H2,1-4H3,(H,45,52)(H,47,49)(H,44,46,53)/t26?,28-,30+,33+,42-/m1/s1. The van der Waals surface area contributed by atoms with Crippen molar-refractivity contribution in [2.45, 2.75) is 127 Å². The first-order valence-electron chi connectivity index (χ1n) is 20.3. The van der Waals surface area contributed by atoms with Gasteiger partial charge in [0.1, 0.15) is 41.3 Å². The van der Waals surface area contributed by atoms with Gasteiger partial charge < -0.3 is 34.5 Å². The molecule has 1 aromatic carbocycles. The number of esters is 1. The SMILES string of the molecule is COC(=O)[C@@]12CC1C=CCCCCC[C@H](NC(=O)OC1CCCC1)C(=O)N1C[C@H](Oc3cc(-c4csc(NC(=O)OC(C)C)n4)nc4c(C)cccc34)C[C@H]1C(=O)N2. The molecule has 16 heteroatoms. The number of benzene rings is 1. The zero-order chi connectivity index (χ0) is 41.0. The van der Waals surface area contributed by atoms with Crippen LogP contribution in [0.1, 0.15) is 90.0 Å². The highest BCUT2D eigenvalue weighted by molar-refractivity contribution is 7.14. The smallest absolute Gasteiger partial charge is 0.413 e. The van der Waals surface area contributed by atoms with Gasteiger partial charge in [0.25, 0.3) is 0 Å². The number of nitrogens with one attached hydrogen (secondary N) is 3. The highest BCUT2D eigenvalue weighted by Crippen LogP contribution is 2.46. The van der Waals surface area contributed by atoms with Crippen LogP contribution in [0, 0.1) is 12.8 Å². The Hall–Kier alpha value is -5.25. The lowest BCUT2D eigenvalue weighted by Gasteiger charge is -2.29. The van der Waals surface area contributed by atoms with E-state index in [2.05, 4.69) is 20.9 Å². The third-order valence-corrected chi connectivity index (χ3v) is 12.0. The molecule has 2 aliphatic carbocycles. The molecular formula is C42H52N6O9S. The van der Waals surface area contributed by atoms with Crippen molar-refractivity contribution in [3.63, 3.8) is 0 Å². The molecule has 4 heterocycles. The summed E-state index contributed by atoms with van der Waals surface area (Å²) in [6.07, 6.45) is 9.14. The van der Waals surface area contributed by atoms with Gasteiger partial charge in [-0.15, -0.1) is 11.3 Å². The Labute approximate surface area is 341 Å². The van der Waals surface area contributed by atoms with Gasteiger partial charge in [0, 0.05) is 29.2 Å². The average molecular weight is 817 g/mol. The number of nitrogens with zero attached hydrogens (tertiary/aromatic N) is 3. The molecule has 3 aromatic rings. The number of fused-ring (bicyclic) bond motifs is 3. The van der Waals surface area contributed by atoms with Gasteiger partial charge in [-0.1, -0.05) is 37.1 Å². The molecule has 310 valence electrons. The van der Waals surface area contributed by atoms with Crippen molar-refractivity contribution >= 4 is 57.3 Å². The Morgan fingerprint density at radius 2 is 1.79 bits per heavy atom.